The van der Waals surface area contributed by atoms with E-state index in [9.17, 15) is 0 Å². The maximum Gasteiger partial charge on any atom is 0.133 e. The maximum absolute atomic E-state index is 6.64. The molecule has 1 heterocycles. The van der Waals surface area contributed by atoms with Crippen LogP contribution in [-0.2, 0) is 0 Å². The van der Waals surface area contributed by atoms with Crippen LogP contribution in [0.3, 0.4) is 0 Å². The molecule has 2 rings (SSSR count). The highest BCUT2D eigenvalue weighted by Crippen LogP contribution is 2.48. The first-order chi connectivity index (χ1) is 13.8. The van der Waals surface area contributed by atoms with E-state index in [2.05, 4.69) is 73.1 Å². The van der Waals surface area contributed by atoms with E-state index < -0.39 is 0 Å². The molecule has 30 heavy (non-hydrogen) atoms. The van der Waals surface area contributed by atoms with E-state index in [1.807, 2.05) is 6.08 Å². The van der Waals surface area contributed by atoms with Gasteiger partial charge in [0.2, 0.25) is 0 Å². The standard InChI is InChI=1S/C27H43ClN2/c1-11-18(2)15-24(28)22(6)25-23(7)30(21(5)12-13-26(8,9)10)27(29-25)16-19(3)14-20(4)17-27/h15,19-21H,2,6-7,11-14,16-17H2,1,3-5,8-10H3. The minimum atomic E-state index is -0.220. The molecule has 0 saturated heterocycles. The molecule has 1 fully saturated rings. The van der Waals surface area contributed by atoms with Crippen LogP contribution in [0.15, 0.2) is 52.7 Å². The molecule has 0 amide bonds. The Morgan fingerprint density at radius 3 is 2.33 bits per heavy atom. The fourth-order valence-corrected chi connectivity index (χ4v) is 5.45. The summed E-state index contributed by atoms with van der Waals surface area (Å²) in [6.07, 6.45) is 8.48. The van der Waals surface area contributed by atoms with Crippen molar-refractivity contribution in [1.29, 1.82) is 0 Å². The van der Waals surface area contributed by atoms with E-state index in [1.165, 1.54) is 12.8 Å². The van der Waals surface area contributed by atoms with Crippen molar-refractivity contribution in [2.24, 2.45) is 22.2 Å². The topological polar surface area (TPSA) is 15.6 Å². The van der Waals surface area contributed by atoms with E-state index in [-0.39, 0.29) is 5.66 Å². The zero-order chi connectivity index (χ0) is 22.9. The molecule has 2 aliphatic rings. The van der Waals surface area contributed by atoms with Crippen molar-refractivity contribution in [3.63, 3.8) is 0 Å². The third-order valence-electron chi connectivity index (χ3n) is 6.60. The largest absolute Gasteiger partial charge is 0.343 e. The SMILES string of the molecule is C=C(C=C(Cl)C(=C)C1=NC2(CC(C)CC(C)C2)N(C(C)CCC(C)(C)C)C1=C)CC. The van der Waals surface area contributed by atoms with Gasteiger partial charge in [0.1, 0.15) is 5.66 Å². The average Bonchev–Trinajstić information content (AvgIpc) is 2.88. The van der Waals surface area contributed by atoms with Gasteiger partial charge in [0.05, 0.1) is 11.4 Å². The summed E-state index contributed by atoms with van der Waals surface area (Å²) in [6.45, 7) is 29.0. The van der Waals surface area contributed by atoms with Gasteiger partial charge in [-0.05, 0) is 68.8 Å². The Balaban J connectivity index is 2.42. The first kappa shape index (κ1) is 25.0. The number of aliphatic imine (C=N–C) groups is 1. The molecule has 0 N–H and O–H groups in total. The molecule has 0 aromatic heterocycles. The first-order valence-electron chi connectivity index (χ1n) is 11.6. The Labute approximate surface area is 190 Å². The van der Waals surface area contributed by atoms with Gasteiger partial charge in [-0.2, -0.15) is 0 Å². The van der Waals surface area contributed by atoms with Gasteiger partial charge in [-0.3, -0.25) is 4.99 Å². The average molecular weight is 431 g/mol. The minimum absolute atomic E-state index is 0.220. The number of allylic oxidation sites excluding steroid dienone is 4. The molecule has 1 aliphatic carbocycles. The molecule has 0 aromatic rings. The summed E-state index contributed by atoms with van der Waals surface area (Å²) in [6, 6.07) is 0.372. The third-order valence-corrected chi connectivity index (χ3v) is 6.94. The number of nitrogens with zero attached hydrogens (tertiary/aromatic N) is 2. The molecule has 2 nitrogen and oxygen atoms in total. The van der Waals surface area contributed by atoms with Crippen LogP contribution in [0.4, 0.5) is 0 Å². The maximum atomic E-state index is 6.64. The van der Waals surface area contributed by atoms with Crippen LogP contribution in [-0.4, -0.2) is 22.3 Å². The van der Waals surface area contributed by atoms with E-state index >= 15 is 0 Å². The first-order valence-corrected chi connectivity index (χ1v) is 12.0. The molecule has 3 atom stereocenters. The molecule has 1 aliphatic heterocycles. The lowest BCUT2D eigenvalue weighted by atomic mass is 9.75. The second-order valence-electron chi connectivity index (χ2n) is 11.0. The van der Waals surface area contributed by atoms with Crippen molar-refractivity contribution in [1.82, 2.24) is 4.90 Å². The fraction of sp³-hybridized carbons (Fsp3) is 0.667. The fourth-order valence-electron chi connectivity index (χ4n) is 5.20. The molecule has 3 unspecified atom stereocenters. The van der Waals surface area contributed by atoms with Crippen LogP contribution in [0.2, 0.25) is 0 Å². The lowest BCUT2D eigenvalue weighted by Gasteiger charge is -2.48. The summed E-state index contributed by atoms with van der Waals surface area (Å²) in [5.41, 5.74) is 3.72. The molecular formula is C27H43ClN2. The number of rotatable bonds is 7. The summed E-state index contributed by atoms with van der Waals surface area (Å²) in [5, 5.41) is 0.623. The van der Waals surface area contributed by atoms with Crippen molar-refractivity contribution in [2.45, 2.75) is 98.7 Å². The summed E-state index contributed by atoms with van der Waals surface area (Å²) in [4.78, 5) is 7.87. The zero-order valence-electron chi connectivity index (χ0n) is 20.4. The number of hydrogen-bond acceptors (Lipinski definition) is 2. The van der Waals surface area contributed by atoms with Gasteiger partial charge >= 0.3 is 0 Å². The Morgan fingerprint density at radius 1 is 1.27 bits per heavy atom. The predicted octanol–water partition coefficient (Wildman–Crippen LogP) is 8.27. The number of halogens is 1. The van der Waals surface area contributed by atoms with Gasteiger partial charge in [0.25, 0.3) is 0 Å². The number of hydrogen-bond donors (Lipinski definition) is 0. The molecule has 168 valence electrons. The third kappa shape index (κ3) is 5.69. The van der Waals surface area contributed by atoms with Crippen molar-refractivity contribution < 1.29 is 0 Å². The van der Waals surface area contributed by atoms with E-state index in [1.54, 1.807) is 0 Å². The van der Waals surface area contributed by atoms with Crippen molar-refractivity contribution >= 4 is 17.3 Å². The summed E-state index contributed by atoms with van der Waals surface area (Å²) >= 11 is 6.64. The van der Waals surface area contributed by atoms with Crippen LogP contribution in [0.5, 0.6) is 0 Å². The van der Waals surface area contributed by atoms with Gasteiger partial charge in [0.15, 0.2) is 0 Å². The second kappa shape index (κ2) is 9.47. The molecule has 1 spiro atoms. The monoisotopic (exact) mass is 430 g/mol. The van der Waals surface area contributed by atoms with Crippen molar-refractivity contribution in [2.75, 3.05) is 0 Å². The van der Waals surface area contributed by atoms with Crippen LogP contribution < -0.4 is 0 Å². The van der Waals surface area contributed by atoms with E-state index in [0.717, 1.165) is 48.2 Å². The second-order valence-corrected chi connectivity index (χ2v) is 11.5. The minimum Gasteiger partial charge on any atom is -0.343 e. The summed E-state index contributed by atoms with van der Waals surface area (Å²) < 4.78 is 0. The van der Waals surface area contributed by atoms with Gasteiger partial charge in [-0.25, -0.2) is 0 Å². The molecule has 0 aromatic carbocycles. The van der Waals surface area contributed by atoms with Crippen LogP contribution in [0.1, 0.15) is 87.0 Å². The zero-order valence-corrected chi connectivity index (χ0v) is 21.2. The lowest BCUT2D eigenvalue weighted by Crippen LogP contribution is -2.51. The lowest BCUT2D eigenvalue weighted by molar-refractivity contribution is 0.0308. The van der Waals surface area contributed by atoms with Gasteiger partial charge in [-0.1, -0.05) is 78.5 Å². The molecule has 1 saturated carbocycles. The van der Waals surface area contributed by atoms with Crippen LogP contribution in [0.25, 0.3) is 0 Å². The molecule has 0 radical (unpaired) electrons. The molecular weight excluding hydrogens is 388 g/mol. The van der Waals surface area contributed by atoms with Crippen LogP contribution >= 0.6 is 11.6 Å². The summed E-state index contributed by atoms with van der Waals surface area (Å²) in [7, 11) is 0. The molecule has 0 bridgehead atoms. The van der Waals surface area contributed by atoms with Crippen LogP contribution in [0, 0.1) is 17.3 Å². The normalized spacial score (nSPS) is 28.7. The Bertz CT molecular complexity index is 739. The van der Waals surface area contributed by atoms with E-state index in [4.69, 9.17) is 16.6 Å². The highest BCUT2D eigenvalue weighted by Gasteiger charge is 2.49. The van der Waals surface area contributed by atoms with Gasteiger partial charge in [0, 0.05) is 16.6 Å². The van der Waals surface area contributed by atoms with Gasteiger partial charge in [-0.15, -0.1) is 0 Å². The van der Waals surface area contributed by atoms with Gasteiger partial charge < -0.3 is 4.90 Å². The predicted molar refractivity (Wildman–Crippen MR) is 134 cm³/mol. The summed E-state index contributed by atoms with van der Waals surface area (Å²) in [5.74, 6) is 1.28. The highest BCUT2D eigenvalue weighted by atomic mass is 35.5. The Hall–Kier alpha value is -1.28. The molecule has 3 heteroatoms. The van der Waals surface area contributed by atoms with Crippen molar-refractivity contribution in [3.05, 3.63) is 47.7 Å². The Morgan fingerprint density at radius 2 is 1.83 bits per heavy atom. The smallest absolute Gasteiger partial charge is 0.133 e. The van der Waals surface area contributed by atoms with E-state index in [0.29, 0.717) is 28.3 Å². The van der Waals surface area contributed by atoms with Crippen molar-refractivity contribution in [3.8, 4) is 0 Å². The Kier molecular flexibility index (Phi) is 7.89. The quantitative estimate of drug-likeness (QED) is 0.371. The highest BCUT2D eigenvalue weighted by molar-refractivity contribution is 6.37.